The quantitative estimate of drug-likeness (QED) is 0.481. The van der Waals surface area contributed by atoms with Crippen LogP contribution in [0.25, 0.3) is 26.3 Å². The molecule has 0 spiro atoms. The van der Waals surface area contributed by atoms with E-state index in [9.17, 15) is 0 Å². The van der Waals surface area contributed by atoms with Crippen molar-refractivity contribution in [3.05, 3.63) is 65.0 Å². The molecule has 0 aliphatic rings. The van der Waals surface area contributed by atoms with Gasteiger partial charge >= 0.3 is 11.9 Å². The summed E-state index contributed by atoms with van der Waals surface area (Å²) < 4.78 is 8.84. The van der Waals surface area contributed by atoms with Gasteiger partial charge in [-0.25, -0.2) is 0 Å². The molecule has 21 heavy (non-hydrogen) atoms. The summed E-state index contributed by atoms with van der Waals surface area (Å²) >= 11 is 1.06. The summed E-state index contributed by atoms with van der Waals surface area (Å²) in [5.74, 6) is 0.769. The van der Waals surface area contributed by atoms with Gasteiger partial charge in [0.2, 0.25) is 9.77 Å². The number of hydrogen-bond donors (Lipinski definition) is 0. The van der Waals surface area contributed by atoms with Crippen molar-refractivity contribution in [2.75, 3.05) is 7.11 Å². The normalized spacial score (nSPS) is 10.3. The molecule has 0 N–H and O–H groups in total. The second-order valence-corrected chi connectivity index (χ2v) is 5.30. The van der Waals surface area contributed by atoms with Gasteiger partial charge in [0, 0.05) is 10.9 Å². The van der Waals surface area contributed by atoms with Gasteiger partial charge in [-0.1, -0.05) is 54.6 Å². The van der Waals surface area contributed by atoms with E-state index < -0.39 is 0 Å². The maximum Gasteiger partial charge on any atom is 0.397 e. The highest BCUT2D eigenvalue weighted by molar-refractivity contribution is 8.01. The number of benzene rings is 3. The van der Waals surface area contributed by atoms with Crippen LogP contribution in [0.2, 0.25) is 0 Å². The van der Waals surface area contributed by atoms with E-state index in [1.165, 1.54) is 0 Å². The van der Waals surface area contributed by atoms with Crippen molar-refractivity contribution < 1.29 is 4.74 Å². The number of diazo groups is 1. The van der Waals surface area contributed by atoms with Crippen molar-refractivity contribution in [2.45, 2.75) is 4.90 Å². The summed E-state index contributed by atoms with van der Waals surface area (Å²) in [6.45, 7) is 0. The molecule has 0 radical (unpaired) electrons. The molecule has 0 aliphatic heterocycles. The van der Waals surface area contributed by atoms with Crippen molar-refractivity contribution in [1.29, 1.82) is 5.39 Å². The molecule has 0 saturated heterocycles. The molecule has 4 heteroatoms. The van der Waals surface area contributed by atoms with Gasteiger partial charge in [0.15, 0.2) is 0 Å². The van der Waals surface area contributed by atoms with Crippen LogP contribution < -0.4 is 4.74 Å². The number of methoxy groups -OCH3 is 1. The Kier molecular flexibility index (Phi) is 3.76. The number of fused-ring (bicyclic) bond motifs is 1. The highest BCUT2D eigenvalue weighted by atomic mass is 32.2. The van der Waals surface area contributed by atoms with Gasteiger partial charge in [0.25, 0.3) is 0 Å². The summed E-state index contributed by atoms with van der Waals surface area (Å²) in [5, 5.41) is 11.2. The molecular weight excluding hydrogens is 280 g/mol. The maximum absolute atomic E-state index is 9.06. The zero-order chi connectivity index (χ0) is 14.7. The van der Waals surface area contributed by atoms with Crippen LogP contribution in [-0.4, -0.2) is 7.11 Å². The highest BCUT2D eigenvalue weighted by Crippen LogP contribution is 2.44. The fourth-order valence-corrected chi connectivity index (χ4v) is 3.14. The van der Waals surface area contributed by atoms with Crippen molar-refractivity contribution in [1.82, 2.24) is 0 Å². The molecule has 0 bridgehead atoms. The maximum atomic E-state index is 9.06. The van der Waals surface area contributed by atoms with Crippen LogP contribution in [0.3, 0.4) is 0 Å². The monoisotopic (exact) mass is 293 g/mol. The van der Waals surface area contributed by atoms with E-state index in [0.717, 1.165) is 44.5 Å². The topological polar surface area (TPSA) is 37.4 Å². The van der Waals surface area contributed by atoms with Crippen LogP contribution in [0.4, 0.5) is 0 Å². The molecule has 3 aromatic carbocycles. The van der Waals surface area contributed by atoms with Crippen molar-refractivity contribution in [2.24, 2.45) is 0 Å². The Labute approximate surface area is 127 Å². The second-order valence-electron chi connectivity index (χ2n) is 4.54. The lowest BCUT2D eigenvalue weighted by molar-refractivity contribution is 0.416. The minimum atomic E-state index is 0.769. The van der Waals surface area contributed by atoms with Crippen LogP contribution in [0.5, 0.6) is 5.75 Å². The number of ether oxygens (including phenoxy) is 1. The lowest BCUT2D eigenvalue weighted by Gasteiger charge is -2.12. The van der Waals surface area contributed by atoms with E-state index in [1.54, 1.807) is 7.11 Å². The Morgan fingerprint density at radius 3 is 2.43 bits per heavy atom. The third-order valence-electron chi connectivity index (χ3n) is 3.38. The van der Waals surface area contributed by atoms with Crippen LogP contribution in [0, 0.1) is 5.39 Å². The molecule has 3 rings (SSSR count). The minimum Gasteiger partial charge on any atom is -0.496 e. The molecule has 0 unspecified atom stereocenters. The first-order valence-electron chi connectivity index (χ1n) is 6.51. The molecule has 102 valence electrons. The molecule has 0 aromatic heterocycles. The predicted molar refractivity (Wildman–Crippen MR) is 86.9 cm³/mol. The second kappa shape index (κ2) is 5.86. The van der Waals surface area contributed by atoms with E-state index in [2.05, 4.69) is 4.38 Å². The van der Waals surface area contributed by atoms with E-state index in [1.807, 2.05) is 60.7 Å². The van der Waals surface area contributed by atoms with Gasteiger partial charge < -0.3 is 4.74 Å². The van der Waals surface area contributed by atoms with Gasteiger partial charge in [-0.15, -0.1) is 0 Å². The van der Waals surface area contributed by atoms with Crippen LogP contribution in [0.1, 0.15) is 0 Å². The smallest absolute Gasteiger partial charge is 0.397 e. The van der Waals surface area contributed by atoms with Gasteiger partial charge in [-0.3, -0.25) is 0 Å². The number of rotatable bonds is 3. The van der Waals surface area contributed by atoms with Crippen LogP contribution >= 0.6 is 11.9 Å². The predicted octanol–water partition coefficient (Wildman–Crippen LogP) is 5.38. The molecule has 0 amide bonds. The first-order chi connectivity index (χ1) is 10.3. The largest absolute Gasteiger partial charge is 0.496 e. The number of hydrogen-bond acceptors (Lipinski definition) is 3. The summed E-state index contributed by atoms with van der Waals surface area (Å²) in [6.07, 6.45) is 0. The average Bonchev–Trinajstić information content (AvgIpc) is 2.55. The Hall–Kier alpha value is -2.51. The fraction of sp³-hybridized carbons (Fsp3) is 0.0588. The third-order valence-corrected chi connectivity index (χ3v) is 4.07. The van der Waals surface area contributed by atoms with E-state index in [0.29, 0.717) is 0 Å². The molecule has 3 nitrogen and oxygen atoms in total. The number of nitrogens with zero attached hydrogens (tertiary/aromatic N) is 2. The molecule has 0 atom stereocenters. The van der Waals surface area contributed by atoms with Crippen LogP contribution in [0.15, 0.2) is 65.6 Å². The summed E-state index contributed by atoms with van der Waals surface area (Å²) in [4.78, 5) is 0.888. The van der Waals surface area contributed by atoms with Crippen molar-refractivity contribution in [3.8, 4) is 16.9 Å². The first-order valence-corrected chi connectivity index (χ1v) is 7.29. The minimum absolute atomic E-state index is 0.769. The Morgan fingerprint density at radius 1 is 1.00 bits per heavy atom. The molecule has 0 saturated carbocycles. The summed E-state index contributed by atoms with van der Waals surface area (Å²) in [5.41, 5.74) is 1.98. The third kappa shape index (κ3) is 2.44. The zero-order valence-corrected chi connectivity index (χ0v) is 12.3. The van der Waals surface area contributed by atoms with Crippen molar-refractivity contribution in [3.63, 3.8) is 0 Å². The average molecular weight is 293 g/mol. The lowest BCUT2D eigenvalue weighted by atomic mass is 10.00. The molecule has 0 heterocycles. The Balaban J connectivity index is 2.40. The first kappa shape index (κ1) is 13.5. The summed E-state index contributed by atoms with van der Waals surface area (Å²) in [6, 6.07) is 20.0. The zero-order valence-electron chi connectivity index (χ0n) is 11.5. The van der Waals surface area contributed by atoms with E-state index >= 15 is 0 Å². The van der Waals surface area contributed by atoms with E-state index in [-0.39, 0.29) is 0 Å². The highest BCUT2D eigenvalue weighted by Gasteiger charge is 2.21. The standard InChI is InChI=1S/C17H13N2OS/c1-20-15-11-13-9-5-6-10-14(13)17(21-19-18)16(15)12-7-3-2-4-8-12/h2-11H,1H3/q+1. The summed E-state index contributed by atoms with van der Waals surface area (Å²) in [7, 11) is 1.65. The van der Waals surface area contributed by atoms with Gasteiger partial charge in [0.05, 0.1) is 7.11 Å². The Bertz CT molecular complexity index is 825. The molecule has 0 aliphatic carbocycles. The SMILES string of the molecule is COc1cc2ccccc2c(S[N+]#N)c1-c1ccccc1. The fourth-order valence-electron chi connectivity index (χ4n) is 2.46. The molecule has 0 fully saturated rings. The van der Waals surface area contributed by atoms with Gasteiger partial charge in [-0.2, -0.15) is 0 Å². The van der Waals surface area contributed by atoms with Gasteiger partial charge in [0.1, 0.15) is 10.6 Å². The van der Waals surface area contributed by atoms with Crippen molar-refractivity contribution >= 4 is 22.7 Å². The lowest BCUT2D eigenvalue weighted by Crippen LogP contribution is -1.92. The molecule has 3 aromatic rings. The van der Waals surface area contributed by atoms with Crippen LogP contribution in [-0.2, 0) is 0 Å². The Morgan fingerprint density at radius 2 is 1.71 bits per heavy atom. The van der Waals surface area contributed by atoms with Gasteiger partial charge in [-0.05, 0) is 17.0 Å². The molecular formula is C17H13N2OS+. The van der Waals surface area contributed by atoms with E-state index in [4.69, 9.17) is 10.1 Å².